The van der Waals surface area contributed by atoms with E-state index in [2.05, 4.69) is 20.6 Å². The van der Waals surface area contributed by atoms with Crippen molar-refractivity contribution in [2.45, 2.75) is 51.1 Å². The third kappa shape index (κ3) is 7.16. The number of carbonyl (C=O) groups is 1. The summed E-state index contributed by atoms with van der Waals surface area (Å²) >= 11 is 0. The lowest BCUT2D eigenvalue weighted by molar-refractivity contribution is -0.141. The molecule has 0 aliphatic heterocycles. The number of aryl methyl sites for hydroxylation is 1. The number of aliphatic hydroxyl groups excluding tert-OH is 1. The quantitative estimate of drug-likeness (QED) is 0.264. The third-order valence-electron chi connectivity index (χ3n) is 4.95. The largest absolute Gasteiger partial charge is 0.433 e. The van der Waals surface area contributed by atoms with Crippen molar-refractivity contribution in [3.63, 3.8) is 0 Å². The summed E-state index contributed by atoms with van der Waals surface area (Å²) in [4.78, 5) is 20.4. The number of hydrogen-bond donors (Lipinski definition) is 4. The van der Waals surface area contributed by atoms with Gasteiger partial charge in [0, 0.05) is 18.0 Å². The fourth-order valence-corrected chi connectivity index (χ4v) is 3.20. The number of aliphatic hydroxyl groups is 2. The number of nitrogens with one attached hydrogen (secondary N) is 2. The maximum absolute atomic E-state index is 13.0. The molecular formula is C22H24F5N5O3. The van der Waals surface area contributed by atoms with E-state index in [1.54, 1.807) is 20.0 Å². The highest BCUT2D eigenvalue weighted by atomic mass is 19.4. The van der Waals surface area contributed by atoms with Crippen LogP contribution in [-0.2, 0) is 12.6 Å². The Morgan fingerprint density at radius 2 is 1.89 bits per heavy atom. The summed E-state index contributed by atoms with van der Waals surface area (Å²) in [7, 11) is 0. The monoisotopic (exact) mass is 501 g/mol. The first-order valence-electron chi connectivity index (χ1n) is 10.5. The van der Waals surface area contributed by atoms with Crippen LogP contribution in [0.25, 0.3) is 5.65 Å². The number of nitrogens with zero attached hydrogens (tertiary/aromatic N) is 3. The van der Waals surface area contributed by atoms with Gasteiger partial charge in [-0.3, -0.25) is 10.1 Å². The lowest BCUT2D eigenvalue weighted by Crippen LogP contribution is -2.27. The van der Waals surface area contributed by atoms with Crippen LogP contribution in [0.2, 0.25) is 0 Å². The van der Waals surface area contributed by atoms with E-state index in [1.807, 2.05) is 0 Å². The molecule has 4 N–H and O–H groups in total. The van der Waals surface area contributed by atoms with E-state index in [0.29, 0.717) is 30.2 Å². The van der Waals surface area contributed by atoms with Crippen LogP contribution in [0.15, 0.2) is 36.7 Å². The Bertz CT molecular complexity index is 1190. The molecule has 3 rings (SSSR count). The molecule has 1 amide bonds. The summed E-state index contributed by atoms with van der Waals surface area (Å²) in [6.07, 6.45) is -5.40. The van der Waals surface area contributed by atoms with Gasteiger partial charge in [-0.25, -0.2) is 18.7 Å². The number of anilines is 1. The molecule has 35 heavy (non-hydrogen) atoms. The molecule has 13 heteroatoms. The normalized spacial score (nSPS) is 13.4. The number of carbonyl (C=O) groups excluding carboxylic acids is 1. The Hall–Kier alpha value is -3.16. The number of amides is 1. The van der Waals surface area contributed by atoms with Gasteiger partial charge in [0.15, 0.2) is 0 Å². The lowest BCUT2D eigenvalue weighted by Gasteiger charge is -2.18. The summed E-state index contributed by atoms with van der Waals surface area (Å²) in [6, 6.07) is 4.18. The van der Waals surface area contributed by atoms with E-state index < -0.39 is 48.3 Å². The van der Waals surface area contributed by atoms with Crippen LogP contribution in [0.3, 0.4) is 0 Å². The van der Waals surface area contributed by atoms with Gasteiger partial charge in [-0.05, 0) is 44.9 Å². The molecule has 0 saturated heterocycles. The molecule has 3 aromatic rings. The first-order valence-corrected chi connectivity index (χ1v) is 10.5. The minimum atomic E-state index is -4.76. The van der Waals surface area contributed by atoms with Crippen molar-refractivity contribution in [2.24, 2.45) is 0 Å². The zero-order chi connectivity index (χ0) is 26.0. The second-order valence-electron chi connectivity index (χ2n) is 8.51. The number of rotatable bonds is 9. The van der Waals surface area contributed by atoms with E-state index in [9.17, 15) is 37.0 Å². The van der Waals surface area contributed by atoms with Gasteiger partial charge in [0.05, 0.1) is 23.5 Å². The van der Waals surface area contributed by atoms with E-state index in [4.69, 9.17) is 0 Å². The molecule has 0 aromatic carbocycles. The molecule has 0 fully saturated rings. The van der Waals surface area contributed by atoms with Gasteiger partial charge in [-0.1, -0.05) is 6.07 Å². The van der Waals surface area contributed by atoms with Gasteiger partial charge in [-0.15, -0.1) is 0 Å². The summed E-state index contributed by atoms with van der Waals surface area (Å²) in [5, 5.41) is 25.0. The van der Waals surface area contributed by atoms with Crippen molar-refractivity contribution in [3.05, 3.63) is 59.3 Å². The SMILES string of the molecule is CC(C)(O)CCc1cn2cc(NC(=O)c3cccc(C(F)(F)F)n3)c(C(O)NCC(F)F)cc2n1. The van der Waals surface area contributed by atoms with Gasteiger partial charge in [0.25, 0.3) is 12.3 Å². The molecule has 0 radical (unpaired) electrons. The van der Waals surface area contributed by atoms with Crippen molar-refractivity contribution in [1.29, 1.82) is 0 Å². The van der Waals surface area contributed by atoms with Gasteiger partial charge in [0.1, 0.15) is 23.3 Å². The van der Waals surface area contributed by atoms with Crippen LogP contribution < -0.4 is 10.6 Å². The molecule has 3 aromatic heterocycles. The predicted octanol–water partition coefficient (Wildman–Crippen LogP) is 3.55. The van der Waals surface area contributed by atoms with Crippen LogP contribution in [0.1, 0.15) is 53.9 Å². The van der Waals surface area contributed by atoms with Crippen molar-refractivity contribution in [2.75, 3.05) is 11.9 Å². The second-order valence-corrected chi connectivity index (χ2v) is 8.51. The minimum absolute atomic E-state index is 0.0295. The van der Waals surface area contributed by atoms with Crippen molar-refractivity contribution in [1.82, 2.24) is 19.7 Å². The Kier molecular flexibility index (Phi) is 7.72. The average molecular weight is 501 g/mol. The number of hydrogen-bond acceptors (Lipinski definition) is 6. The maximum atomic E-state index is 13.0. The molecule has 190 valence electrons. The van der Waals surface area contributed by atoms with E-state index in [1.165, 1.54) is 16.7 Å². The second kappa shape index (κ2) is 10.2. The van der Waals surface area contributed by atoms with Crippen LogP contribution in [0.5, 0.6) is 0 Å². The van der Waals surface area contributed by atoms with Crippen molar-refractivity contribution in [3.8, 4) is 0 Å². The summed E-state index contributed by atoms with van der Waals surface area (Å²) < 4.78 is 65.7. The molecule has 8 nitrogen and oxygen atoms in total. The molecule has 1 atom stereocenters. The fourth-order valence-electron chi connectivity index (χ4n) is 3.20. The number of fused-ring (bicyclic) bond motifs is 1. The van der Waals surface area contributed by atoms with Gasteiger partial charge >= 0.3 is 6.18 Å². The van der Waals surface area contributed by atoms with E-state index in [0.717, 1.165) is 12.1 Å². The van der Waals surface area contributed by atoms with Crippen LogP contribution >= 0.6 is 0 Å². The zero-order valence-corrected chi connectivity index (χ0v) is 18.8. The molecule has 1 unspecified atom stereocenters. The first kappa shape index (κ1) is 26.4. The fraction of sp³-hybridized carbons (Fsp3) is 0.409. The minimum Gasteiger partial charge on any atom is -0.390 e. The van der Waals surface area contributed by atoms with E-state index >= 15 is 0 Å². The molecule has 0 aliphatic carbocycles. The lowest BCUT2D eigenvalue weighted by atomic mass is 10.0. The number of imidazole rings is 1. The summed E-state index contributed by atoms with van der Waals surface area (Å²) in [6.45, 7) is 2.43. The standard InChI is InChI=1S/C22H24F5N5O3/c1-21(2,35)7-6-12-10-32-11-15(13(8-18(32)29-12)19(33)28-9-17(23)24)31-20(34)14-4-3-5-16(30-14)22(25,26)27/h3-5,8,10-11,17,19,28,33,35H,6-7,9H2,1-2H3,(H,31,34). The maximum Gasteiger partial charge on any atom is 0.433 e. The van der Waals surface area contributed by atoms with Gasteiger partial charge in [-0.2, -0.15) is 13.2 Å². The highest BCUT2D eigenvalue weighted by molar-refractivity contribution is 6.03. The Morgan fingerprint density at radius 1 is 1.17 bits per heavy atom. The molecular weight excluding hydrogens is 477 g/mol. The Balaban J connectivity index is 1.96. The topological polar surface area (TPSA) is 112 Å². The smallest absolute Gasteiger partial charge is 0.390 e. The highest BCUT2D eigenvalue weighted by Crippen LogP contribution is 2.28. The summed E-state index contributed by atoms with van der Waals surface area (Å²) in [5.74, 6) is -1.000. The Labute approximate surface area is 196 Å². The first-order chi connectivity index (χ1) is 16.2. The number of alkyl halides is 5. The van der Waals surface area contributed by atoms with Crippen molar-refractivity contribution < 1.29 is 37.0 Å². The van der Waals surface area contributed by atoms with Crippen molar-refractivity contribution >= 4 is 17.2 Å². The highest BCUT2D eigenvalue weighted by Gasteiger charge is 2.33. The van der Waals surface area contributed by atoms with Crippen LogP contribution in [0.4, 0.5) is 27.6 Å². The van der Waals surface area contributed by atoms with Crippen LogP contribution in [0, 0.1) is 0 Å². The number of halogens is 5. The molecule has 3 heterocycles. The molecule has 0 spiro atoms. The van der Waals surface area contributed by atoms with E-state index in [-0.39, 0.29) is 11.3 Å². The summed E-state index contributed by atoms with van der Waals surface area (Å²) in [5.41, 5.74) is -1.91. The average Bonchev–Trinajstić information content (AvgIpc) is 3.16. The van der Waals surface area contributed by atoms with Gasteiger partial charge in [0.2, 0.25) is 0 Å². The third-order valence-corrected chi connectivity index (χ3v) is 4.95. The predicted molar refractivity (Wildman–Crippen MR) is 116 cm³/mol. The molecule has 0 saturated carbocycles. The molecule has 0 bridgehead atoms. The Morgan fingerprint density at radius 3 is 2.51 bits per heavy atom. The number of aromatic nitrogens is 3. The number of pyridine rings is 2. The van der Waals surface area contributed by atoms with Gasteiger partial charge < -0.3 is 19.9 Å². The molecule has 0 aliphatic rings. The van der Waals surface area contributed by atoms with Crippen LogP contribution in [-0.4, -0.2) is 49.1 Å². The zero-order valence-electron chi connectivity index (χ0n) is 18.8.